The molecule has 2 aromatic heterocycles. The van der Waals surface area contributed by atoms with Crippen molar-refractivity contribution in [3.05, 3.63) is 40.0 Å². The second-order valence-corrected chi connectivity index (χ2v) is 5.28. The van der Waals surface area contributed by atoms with Crippen LogP contribution in [0.4, 0.5) is 0 Å². The molecule has 3 rings (SSSR count). The van der Waals surface area contributed by atoms with E-state index < -0.39 is 0 Å². The van der Waals surface area contributed by atoms with E-state index in [1.54, 1.807) is 18.3 Å². The summed E-state index contributed by atoms with van der Waals surface area (Å²) >= 11 is 9.23. The molecule has 0 spiro atoms. The number of hydrogen-bond donors (Lipinski definition) is 0. The summed E-state index contributed by atoms with van der Waals surface area (Å²) in [5.74, 6) is 2.28. The maximum Gasteiger partial charge on any atom is 0.224 e. The first-order chi connectivity index (χ1) is 8.70. The molecule has 0 saturated heterocycles. The van der Waals surface area contributed by atoms with Crippen molar-refractivity contribution in [3.63, 3.8) is 0 Å². The fourth-order valence-corrected chi connectivity index (χ4v) is 1.95. The van der Waals surface area contributed by atoms with Crippen LogP contribution in [0.1, 0.15) is 24.6 Å². The van der Waals surface area contributed by atoms with Crippen molar-refractivity contribution >= 4 is 27.5 Å². The summed E-state index contributed by atoms with van der Waals surface area (Å²) in [5.41, 5.74) is 0. The van der Waals surface area contributed by atoms with Crippen LogP contribution in [0.5, 0.6) is 11.6 Å². The van der Waals surface area contributed by atoms with Gasteiger partial charge in [0, 0.05) is 12.0 Å². The molecule has 0 atom stereocenters. The predicted molar refractivity (Wildman–Crippen MR) is 71.0 cm³/mol. The van der Waals surface area contributed by atoms with Crippen molar-refractivity contribution in [3.8, 4) is 11.6 Å². The lowest BCUT2D eigenvalue weighted by atomic mass is 10.4. The molecular formula is C12H9BrClN3O. The smallest absolute Gasteiger partial charge is 0.224 e. The molecule has 0 amide bonds. The minimum absolute atomic E-state index is 0.409. The molecule has 0 unspecified atom stereocenters. The first kappa shape index (κ1) is 11.9. The fraction of sp³-hybridized carbons (Fsp3) is 0.250. The average molecular weight is 327 g/mol. The van der Waals surface area contributed by atoms with Gasteiger partial charge in [0.1, 0.15) is 21.3 Å². The molecule has 0 radical (unpaired) electrons. The van der Waals surface area contributed by atoms with Crippen LogP contribution in [-0.2, 0) is 0 Å². The van der Waals surface area contributed by atoms with Gasteiger partial charge < -0.3 is 4.74 Å². The lowest BCUT2D eigenvalue weighted by Gasteiger charge is -2.06. The first-order valence-corrected chi connectivity index (χ1v) is 6.72. The van der Waals surface area contributed by atoms with Gasteiger partial charge in [-0.25, -0.2) is 9.97 Å². The van der Waals surface area contributed by atoms with Gasteiger partial charge in [0.05, 0.1) is 6.20 Å². The van der Waals surface area contributed by atoms with Crippen LogP contribution in [-0.4, -0.2) is 15.0 Å². The number of hydrogen-bond acceptors (Lipinski definition) is 4. The third-order valence-electron chi connectivity index (χ3n) is 2.55. The van der Waals surface area contributed by atoms with Crippen LogP contribution < -0.4 is 4.74 Å². The van der Waals surface area contributed by atoms with Gasteiger partial charge >= 0.3 is 0 Å². The van der Waals surface area contributed by atoms with Crippen LogP contribution in [0.2, 0.25) is 5.15 Å². The molecule has 0 bridgehead atoms. The maximum absolute atomic E-state index is 5.96. The monoisotopic (exact) mass is 325 g/mol. The van der Waals surface area contributed by atoms with Crippen molar-refractivity contribution in [2.45, 2.75) is 18.8 Å². The van der Waals surface area contributed by atoms with E-state index in [-0.39, 0.29) is 0 Å². The number of nitrogens with zero attached hydrogens (tertiary/aromatic N) is 3. The zero-order valence-electron chi connectivity index (χ0n) is 9.31. The van der Waals surface area contributed by atoms with Crippen LogP contribution in [0.15, 0.2) is 29.0 Å². The molecule has 1 aliphatic carbocycles. The number of aromatic nitrogens is 3. The number of halogens is 2. The lowest BCUT2D eigenvalue weighted by molar-refractivity contribution is 0.456. The highest BCUT2D eigenvalue weighted by molar-refractivity contribution is 9.10. The second-order valence-electron chi connectivity index (χ2n) is 4.08. The highest BCUT2D eigenvalue weighted by Crippen LogP contribution is 2.39. The third-order valence-corrected chi connectivity index (χ3v) is 3.22. The lowest BCUT2D eigenvalue weighted by Crippen LogP contribution is -1.96. The summed E-state index contributed by atoms with van der Waals surface area (Å²) in [4.78, 5) is 12.6. The van der Waals surface area contributed by atoms with E-state index in [2.05, 4.69) is 30.9 Å². The van der Waals surface area contributed by atoms with Gasteiger partial charge in [0.2, 0.25) is 5.88 Å². The molecular weight excluding hydrogens is 318 g/mol. The normalized spacial score (nSPS) is 14.6. The zero-order chi connectivity index (χ0) is 12.5. The fourth-order valence-electron chi connectivity index (χ4n) is 1.53. The summed E-state index contributed by atoms with van der Waals surface area (Å²) in [6, 6.07) is 5.22. The summed E-state index contributed by atoms with van der Waals surface area (Å²) < 4.78 is 6.37. The Bertz CT molecular complexity index is 572. The van der Waals surface area contributed by atoms with Gasteiger partial charge in [-0.05, 0) is 40.9 Å². The van der Waals surface area contributed by atoms with Crippen molar-refractivity contribution in [2.24, 2.45) is 0 Å². The molecule has 0 aromatic carbocycles. The first-order valence-electron chi connectivity index (χ1n) is 5.54. The van der Waals surface area contributed by atoms with Gasteiger partial charge in [-0.3, -0.25) is 0 Å². The van der Waals surface area contributed by atoms with E-state index in [0.717, 1.165) is 23.3 Å². The molecule has 18 heavy (non-hydrogen) atoms. The largest absolute Gasteiger partial charge is 0.437 e. The van der Waals surface area contributed by atoms with Gasteiger partial charge in [-0.2, -0.15) is 4.98 Å². The van der Waals surface area contributed by atoms with Crippen LogP contribution in [0.25, 0.3) is 0 Å². The van der Waals surface area contributed by atoms with Crippen molar-refractivity contribution in [2.75, 3.05) is 0 Å². The number of pyridine rings is 1. The Hall–Kier alpha value is -1.20. The molecule has 4 nitrogen and oxygen atoms in total. The standard InChI is InChI=1S/C12H9BrClN3O/c13-9-4-3-8(6-15-9)18-11-5-10(14)16-12(17-11)7-1-2-7/h3-7H,1-2H2. The number of ether oxygens (including phenoxy) is 1. The maximum atomic E-state index is 5.96. The summed E-state index contributed by atoms with van der Waals surface area (Å²) in [6.45, 7) is 0. The van der Waals surface area contributed by atoms with Crippen LogP contribution >= 0.6 is 27.5 Å². The SMILES string of the molecule is Clc1cc(Oc2ccc(Br)nc2)nc(C2CC2)n1. The van der Waals surface area contributed by atoms with Gasteiger partial charge in [-0.1, -0.05) is 11.6 Å². The van der Waals surface area contributed by atoms with Crippen LogP contribution in [0.3, 0.4) is 0 Å². The molecule has 0 aliphatic heterocycles. The third kappa shape index (κ3) is 2.79. The average Bonchev–Trinajstić information content (AvgIpc) is 3.15. The molecule has 6 heteroatoms. The van der Waals surface area contributed by atoms with Crippen molar-refractivity contribution in [1.82, 2.24) is 15.0 Å². The van der Waals surface area contributed by atoms with E-state index in [1.165, 1.54) is 0 Å². The van der Waals surface area contributed by atoms with Gasteiger partial charge in [0.25, 0.3) is 0 Å². The Balaban J connectivity index is 1.85. The topological polar surface area (TPSA) is 47.9 Å². The van der Waals surface area contributed by atoms with E-state index in [1.807, 2.05) is 6.07 Å². The summed E-state index contributed by atoms with van der Waals surface area (Å²) in [6.07, 6.45) is 3.87. The molecule has 2 aromatic rings. The Morgan fingerprint density at radius 3 is 2.78 bits per heavy atom. The van der Waals surface area contributed by atoms with E-state index in [0.29, 0.717) is 22.7 Å². The Morgan fingerprint density at radius 2 is 2.11 bits per heavy atom. The van der Waals surface area contributed by atoms with Gasteiger partial charge in [-0.15, -0.1) is 0 Å². The Morgan fingerprint density at radius 1 is 1.28 bits per heavy atom. The predicted octanol–water partition coefficient (Wildman–Crippen LogP) is 3.96. The van der Waals surface area contributed by atoms with Crippen LogP contribution in [0, 0.1) is 0 Å². The minimum atomic E-state index is 0.409. The molecule has 2 heterocycles. The Labute approximate surface area is 118 Å². The molecule has 0 N–H and O–H groups in total. The van der Waals surface area contributed by atoms with Crippen molar-refractivity contribution in [1.29, 1.82) is 0 Å². The van der Waals surface area contributed by atoms with E-state index in [4.69, 9.17) is 16.3 Å². The van der Waals surface area contributed by atoms with Gasteiger partial charge in [0.15, 0.2) is 0 Å². The Kier molecular flexibility index (Phi) is 3.18. The number of rotatable bonds is 3. The summed E-state index contributed by atoms with van der Waals surface area (Å²) in [5, 5.41) is 0.409. The molecule has 1 aliphatic rings. The van der Waals surface area contributed by atoms with Crippen molar-refractivity contribution < 1.29 is 4.74 Å². The molecule has 1 fully saturated rings. The highest BCUT2D eigenvalue weighted by Gasteiger charge is 2.27. The second kappa shape index (κ2) is 4.82. The molecule has 1 saturated carbocycles. The van der Waals surface area contributed by atoms with E-state index >= 15 is 0 Å². The van der Waals surface area contributed by atoms with E-state index in [9.17, 15) is 0 Å². The summed E-state index contributed by atoms with van der Waals surface area (Å²) in [7, 11) is 0. The highest BCUT2D eigenvalue weighted by atomic mass is 79.9. The minimum Gasteiger partial charge on any atom is -0.437 e. The molecule has 92 valence electrons. The quantitative estimate of drug-likeness (QED) is 0.633. The zero-order valence-corrected chi connectivity index (χ0v) is 11.6.